The van der Waals surface area contributed by atoms with E-state index in [1.807, 2.05) is 13.8 Å². The molecule has 2 fully saturated rings. The molecular weight excluding hydrogens is 303 g/mol. The van der Waals surface area contributed by atoms with Crippen LogP contribution >= 0.6 is 0 Å². The molecule has 1 aromatic rings. The van der Waals surface area contributed by atoms with Crippen molar-refractivity contribution >= 4 is 0 Å². The Morgan fingerprint density at radius 2 is 1.74 bits per heavy atom. The molecule has 3 nitrogen and oxygen atoms in total. The summed E-state index contributed by atoms with van der Waals surface area (Å²) in [6.07, 6.45) is -0.604. The van der Waals surface area contributed by atoms with Gasteiger partial charge in [-0.25, -0.2) is 0 Å². The Morgan fingerprint density at radius 1 is 1.13 bits per heavy atom. The standard InChI is InChI=1S/C15H20F3N3.C2H6/c16-15(17,18)11-7-13(20-14(8-11)10-1-2-10)9-21-5-3-12(19)4-6-21;1-2/h7-8,10,12H,1-6,9,19H2;1-2H3. The Bertz CT molecular complexity index is 504. The lowest BCUT2D eigenvalue weighted by Crippen LogP contribution is -2.39. The van der Waals surface area contributed by atoms with Crippen LogP contribution in [0.2, 0.25) is 0 Å². The van der Waals surface area contributed by atoms with Gasteiger partial charge in [-0.2, -0.15) is 13.2 Å². The van der Waals surface area contributed by atoms with Gasteiger partial charge in [0.25, 0.3) is 0 Å². The van der Waals surface area contributed by atoms with E-state index in [0.29, 0.717) is 17.9 Å². The summed E-state index contributed by atoms with van der Waals surface area (Å²) in [5.41, 5.74) is 6.42. The number of pyridine rings is 1. The van der Waals surface area contributed by atoms with Gasteiger partial charge in [0.05, 0.1) is 11.3 Å². The largest absolute Gasteiger partial charge is 0.416 e. The van der Waals surface area contributed by atoms with Crippen molar-refractivity contribution in [2.75, 3.05) is 13.1 Å². The van der Waals surface area contributed by atoms with Gasteiger partial charge in [-0.3, -0.25) is 9.88 Å². The van der Waals surface area contributed by atoms with Gasteiger partial charge < -0.3 is 5.73 Å². The number of hydrogen-bond acceptors (Lipinski definition) is 3. The van der Waals surface area contributed by atoms with Crippen molar-refractivity contribution in [2.24, 2.45) is 5.73 Å². The van der Waals surface area contributed by atoms with Crippen molar-refractivity contribution in [1.29, 1.82) is 0 Å². The number of hydrogen-bond donors (Lipinski definition) is 1. The molecule has 1 saturated heterocycles. The molecule has 0 aromatic carbocycles. The van der Waals surface area contributed by atoms with E-state index in [1.54, 1.807) is 0 Å². The Morgan fingerprint density at radius 3 is 2.26 bits per heavy atom. The molecule has 1 aliphatic carbocycles. The molecule has 0 atom stereocenters. The van der Waals surface area contributed by atoms with Crippen LogP contribution in [-0.2, 0) is 12.7 Å². The minimum absolute atomic E-state index is 0.220. The molecule has 3 rings (SSSR count). The molecule has 23 heavy (non-hydrogen) atoms. The minimum Gasteiger partial charge on any atom is -0.328 e. The fourth-order valence-corrected chi connectivity index (χ4v) is 2.78. The second kappa shape index (κ2) is 7.62. The van der Waals surface area contributed by atoms with Gasteiger partial charge in [0.2, 0.25) is 0 Å². The third-order valence-electron chi connectivity index (χ3n) is 4.24. The van der Waals surface area contributed by atoms with Gasteiger partial charge >= 0.3 is 6.18 Å². The first-order chi connectivity index (χ1) is 10.9. The Balaban J connectivity index is 0.000000924. The van der Waals surface area contributed by atoms with Crippen LogP contribution < -0.4 is 5.73 Å². The maximum atomic E-state index is 13.0. The van der Waals surface area contributed by atoms with Crippen molar-refractivity contribution in [1.82, 2.24) is 9.88 Å². The lowest BCUT2D eigenvalue weighted by molar-refractivity contribution is -0.137. The summed E-state index contributed by atoms with van der Waals surface area (Å²) in [5, 5.41) is 0. The number of halogens is 3. The monoisotopic (exact) mass is 329 g/mol. The molecular formula is C17H26F3N3. The fraction of sp³-hybridized carbons (Fsp3) is 0.706. The highest BCUT2D eigenvalue weighted by atomic mass is 19.4. The summed E-state index contributed by atoms with van der Waals surface area (Å²) in [5.74, 6) is 0.223. The molecule has 1 aliphatic heterocycles. The normalized spacial score (nSPS) is 20.1. The predicted octanol–water partition coefficient (Wildman–Crippen LogP) is 3.93. The second-order valence-electron chi connectivity index (χ2n) is 6.16. The number of nitrogens with two attached hydrogens (primary N) is 1. The molecule has 2 N–H and O–H groups in total. The van der Waals surface area contributed by atoms with E-state index in [2.05, 4.69) is 9.88 Å². The smallest absolute Gasteiger partial charge is 0.328 e. The average Bonchev–Trinajstić information content (AvgIpc) is 3.35. The Hall–Kier alpha value is -1.14. The van der Waals surface area contributed by atoms with E-state index in [9.17, 15) is 13.2 Å². The quantitative estimate of drug-likeness (QED) is 0.914. The average molecular weight is 329 g/mol. The van der Waals surface area contributed by atoms with Gasteiger partial charge in [-0.05, 0) is 37.8 Å². The van der Waals surface area contributed by atoms with E-state index in [0.717, 1.165) is 38.8 Å². The van der Waals surface area contributed by atoms with Crippen LogP contribution in [0, 0.1) is 0 Å². The predicted molar refractivity (Wildman–Crippen MR) is 85.0 cm³/mol. The fourth-order valence-electron chi connectivity index (χ4n) is 2.78. The zero-order valence-corrected chi connectivity index (χ0v) is 13.9. The first-order valence-electron chi connectivity index (χ1n) is 8.48. The second-order valence-corrected chi connectivity index (χ2v) is 6.16. The SMILES string of the molecule is CC.NC1CCN(Cc2cc(C(F)(F)F)cc(C3CC3)n2)CC1. The summed E-state index contributed by atoms with van der Waals surface area (Å²) in [6.45, 7) is 6.14. The number of alkyl halides is 3. The number of likely N-dealkylation sites (tertiary alicyclic amines) is 1. The van der Waals surface area contributed by atoms with E-state index < -0.39 is 11.7 Å². The Kier molecular flexibility index (Phi) is 6.03. The molecule has 1 saturated carbocycles. The van der Waals surface area contributed by atoms with Crippen LogP contribution in [0.25, 0.3) is 0 Å². The van der Waals surface area contributed by atoms with Crippen molar-refractivity contribution in [3.05, 3.63) is 29.1 Å². The molecule has 6 heteroatoms. The van der Waals surface area contributed by atoms with Crippen LogP contribution in [0.4, 0.5) is 13.2 Å². The first-order valence-corrected chi connectivity index (χ1v) is 8.48. The van der Waals surface area contributed by atoms with Crippen LogP contribution in [0.5, 0.6) is 0 Å². The highest BCUT2D eigenvalue weighted by Crippen LogP contribution is 2.41. The summed E-state index contributed by atoms with van der Waals surface area (Å²) < 4.78 is 39.0. The number of piperidine rings is 1. The number of nitrogens with zero attached hydrogens (tertiary/aromatic N) is 2. The molecule has 2 aliphatic rings. The maximum Gasteiger partial charge on any atom is 0.416 e. The summed E-state index contributed by atoms with van der Waals surface area (Å²) in [6, 6.07) is 2.63. The molecule has 0 spiro atoms. The molecule has 1 aromatic heterocycles. The third kappa shape index (κ3) is 5.18. The first kappa shape index (κ1) is 18.2. The van der Waals surface area contributed by atoms with Gasteiger partial charge in [0.15, 0.2) is 0 Å². The zero-order valence-electron chi connectivity index (χ0n) is 13.9. The van der Waals surface area contributed by atoms with Crippen LogP contribution in [0.1, 0.15) is 62.4 Å². The highest BCUT2D eigenvalue weighted by molar-refractivity contribution is 5.28. The molecule has 0 radical (unpaired) electrons. The van der Waals surface area contributed by atoms with Crippen LogP contribution in [0.3, 0.4) is 0 Å². The number of rotatable bonds is 3. The molecule has 2 heterocycles. The van der Waals surface area contributed by atoms with E-state index in [4.69, 9.17) is 5.73 Å². The maximum absolute atomic E-state index is 13.0. The van der Waals surface area contributed by atoms with Crippen molar-refractivity contribution in [3.8, 4) is 0 Å². The minimum atomic E-state index is -4.30. The van der Waals surface area contributed by atoms with E-state index >= 15 is 0 Å². The van der Waals surface area contributed by atoms with Gasteiger partial charge in [0, 0.05) is 37.3 Å². The van der Waals surface area contributed by atoms with E-state index in [-0.39, 0.29) is 12.0 Å². The van der Waals surface area contributed by atoms with Crippen molar-refractivity contribution < 1.29 is 13.2 Å². The summed E-state index contributed by atoms with van der Waals surface area (Å²) in [4.78, 5) is 6.59. The lowest BCUT2D eigenvalue weighted by Gasteiger charge is -2.29. The van der Waals surface area contributed by atoms with Gasteiger partial charge in [-0.1, -0.05) is 13.8 Å². The number of aromatic nitrogens is 1. The molecule has 0 bridgehead atoms. The Labute approximate surface area is 136 Å². The topological polar surface area (TPSA) is 42.1 Å². The molecule has 0 unspecified atom stereocenters. The van der Waals surface area contributed by atoms with Crippen LogP contribution in [-0.4, -0.2) is 29.0 Å². The summed E-state index contributed by atoms with van der Waals surface area (Å²) >= 11 is 0. The zero-order chi connectivity index (χ0) is 17.0. The van der Waals surface area contributed by atoms with Crippen LogP contribution in [0.15, 0.2) is 12.1 Å². The highest BCUT2D eigenvalue weighted by Gasteiger charge is 2.34. The van der Waals surface area contributed by atoms with Crippen molar-refractivity contribution in [3.63, 3.8) is 0 Å². The third-order valence-corrected chi connectivity index (χ3v) is 4.24. The van der Waals surface area contributed by atoms with E-state index in [1.165, 1.54) is 12.1 Å². The summed E-state index contributed by atoms with van der Waals surface area (Å²) in [7, 11) is 0. The molecule has 0 amide bonds. The van der Waals surface area contributed by atoms with Crippen molar-refractivity contribution in [2.45, 2.75) is 64.2 Å². The van der Waals surface area contributed by atoms with Gasteiger partial charge in [0.1, 0.15) is 0 Å². The lowest BCUT2D eigenvalue weighted by atomic mass is 10.1. The molecule has 130 valence electrons. The van der Waals surface area contributed by atoms with Gasteiger partial charge in [-0.15, -0.1) is 0 Å².